The molecule has 2 N–H and O–H groups in total. The van der Waals surface area contributed by atoms with Crippen molar-refractivity contribution in [3.8, 4) is 0 Å². The smallest absolute Gasteiger partial charge is 0.306 e. The van der Waals surface area contributed by atoms with Crippen LogP contribution in [0.5, 0.6) is 0 Å². The minimum atomic E-state index is -4.08. The van der Waals surface area contributed by atoms with Crippen molar-refractivity contribution >= 4 is 21.9 Å². The first kappa shape index (κ1) is 22.9. The summed E-state index contributed by atoms with van der Waals surface area (Å²) < 4.78 is 31.6. The molecule has 1 saturated carbocycles. The van der Waals surface area contributed by atoms with Gasteiger partial charge in [0.05, 0.1) is 11.3 Å². The fraction of sp³-hybridized carbons (Fsp3) is 0.524. The second kappa shape index (κ2) is 10.5. The van der Waals surface area contributed by atoms with Crippen LogP contribution in [0.3, 0.4) is 0 Å². The molecule has 9 nitrogen and oxygen atoms in total. The third-order valence-electron chi connectivity index (χ3n) is 5.59. The van der Waals surface area contributed by atoms with Gasteiger partial charge in [0.2, 0.25) is 5.89 Å². The van der Waals surface area contributed by atoms with E-state index in [2.05, 4.69) is 10.1 Å². The van der Waals surface area contributed by atoms with Gasteiger partial charge in [0, 0.05) is 5.92 Å². The average Bonchev–Trinajstić information content (AvgIpc) is 3.24. The molecule has 0 bridgehead atoms. The zero-order valence-electron chi connectivity index (χ0n) is 17.2. The highest BCUT2D eigenvalue weighted by Crippen LogP contribution is 2.31. The Morgan fingerprint density at radius 3 is 2.55 bits per heavy atom. The molecule has 31 heavy (non-hydrogen) atoms. The first-order valence-corrected chi connectivity index (χ1v) is 12.0. The number of rotatable bonds is 10. The van der Waals surface area contributed by atoms with Crippen LogP contribution in [0.15, 0.2) is 39.8 Å². The molecule has 10 heteroatoms. The minimum absolute atomic E-state index is 0.0355. The summed E-state index contributed by atoms with van der Waals surface area (Å²) in [6.45, 7) is 0. The molecule has 3 rings (SSSR count). The molecule has 1 aliphatic carbocycles. The van der Waals surface area contributed by atoms with Gasteiger partial charge in [-0.25, -0.2) is 13.1 Å². The molecule has 0 saturated heterocycles. The Labute approximate surface area is 181 Å². The van der Waals surface area contributed by atoms with Crippen molar-refractivity contribution in [3.63, 3.8) is 0 Å². The van der Waals surface area contributed by atoms with Crippen molar-refractivity contribution in [1.82, 2.24) is 14.9 Å². The number of carbonyl (C=O) groups excluding carboxylic acids is 1. The van der Waals surface area contributed by atoms with Crippen molar-refractivity contribution in [2.45, 2.75) is 68.6 Å². The molecule has 1 heterocycles. The van der Waals surface area contributed by atoms with Crippen molar-refractivity contribution in [2.75, 3.05) is 0 Å². The molecule has 1 aliphatic rings. The lowest BCUT2D eigenvalue weighted by molar-refractivity contribution is -0.137. The Balaban J connectivity index is 1.63. The van der Waals surface area contributed by atoms with Gasteiger partial charge in [0.25, 0.3) is 15.8 Å². The van der Waals surface area contributed by atoms with E-state index in [1.165, 1.54) is 56.4 Å². The third kappa shape index (κ3) is 6.61. The number of carbonyl (C=O) groups is 2. The lowest BCUT2D eigenvalue weighted by Crippen LogP contribution is -2.31. The molecule has 1 aromatic heterocycles. The van der Waals surface area contributed by atoms with Gasteiger partial charge in [-0.3, -0.25) is 9.59 Å². The highest BCUT2D eigenvalue weighted by molar-refractivity contribution is 7.90. The number of aromatic nitrogens is 2. The van der Waals surface area contributed by atoms with Crippen molar-refractivity contribution in [3.05, 3.63) is 42.0 Å². The van der Waals surface area contributed by atoms with Gasteiger partial charge in [0.1, 0.15) is 0 Å². The monoisotopic (exact) mass is 449 g/mol. The van der Waals surface area contributed by atoms with Gasteiger partial charge in [-0.05, 0) is 24.5 Å². The van der Waals surface area contributed by atoms with Crippen LogP contribution < -0.4 is 4.72 Å². The van der Waals surface area contributed by atoms with Gasteiger partial charge in [0.15, 0.2) is 0 Å². The molecule has 1 fully saturated rings. The van der Waals surface area contributed by atoms with E-state index < -0.39 is 33.6 Å². The summed E-state index contributed by atoms with van der Waals surface area (Å²) in [4.78, 5) is 27.5. The maximum Gasteiger partial charge on any atom is 0.306 e. The third-order valence-corrected chi connectivity index (χ3v) is 6.93. The molecule has 1 atom stereocenters. The Morgan fingerprint density at radius 2 is 1.87 bits per heavy atom. The van der Waals surface area contributed by atoms with Crippen LogP contribution >= 0.6 is 0 Å². The van der Waals surface area contributed by atoms with E-state index in [4.69, 9.17) is 4.52 Å². The summed E-state index contributed by atoms with van der Waals surface area (Å²) in [6.07, 6.45) is 8.40. The van der Waals surface area contributed by atoms with Crippen LogP contribution in [0.4, 0.5) is 0 Å². The fourth-order valence-corrected chi connectivity index (χ4v) is 4.94. The predicted octanol–water partition coefficient (Wildman–Crippen LogP) is 3.50. The summed E-state index contributed by atoms with van der Waals surface area (Å²) >= 11 is 0. The normalized spacial score (nSPS) is 16.0. The van der Waals surface area contributed by atoms with Crippen LogP contribution in [0.2, 0.25) is 0 Å². The Hall–Kier alpha value is -2.75. The molecule has 1 amide bonds. The first-order valence-electron chi connectivity index (χ1n) is 10.5. The van der Waals surface area contributed by atoms with Gasteiger partial charge in [-0.15, -0.1) is 0 Å². The predicted molar refractivity (Wildman–Crippen MR) is 111 cm³/mol. The number of nitrogens with one attached hydrogen (secondary N) is 1. The number of carboxylic acid groups (broad SMARTS) is 1. The summed E-state index contributed by atoms with van der Waals surface area (Å²) in [5.74, 6) is -2.30. The largest absolute Gasteiger partial charge is 0.481 e. The van der Waals surface area contributed by atoms with Crippen molar-refractivity contribution in [1.29, 1.82) is 0 Å². The van der Waals surface area contributed by atoms with E-state index >= 15 is 0 Å². The lowest BCUT2D eigenvalue weighted by atomic mass is 9.84. The summed E-state index contributed by atoms with van der Waals surface area (Å²) in [6, 6.07) is 7.44. The lowest BCUT2D eigenvalue weighted by Gasteiger charge is -2.21. The van der Waals surface area contributed by atoms with E-state index in [1.54, 1.807) is 6.07 Å². The molecule has 0 aliphatic heterocycles. The van der Waals surface area contributed by atoms with Crippen LogP contribution in [-0.4, -0.2) is 35.5 Å². The van der Waals surface area contributed by atoms with E-state index in [9.17, 15) is 23.1 Å². The number of benzene rings is 1. The molecule has 168 valence electrons. The van der Waals surface area contributed by atoms with Gasteiger partial charge in [-0.1, -0.05) is 68.3 Å². The maximum atomic E-state index is 12.3. The first-order chi connectivity index (χ1) is 14.8. The van der Waals surface area contributed by atoms with Gasteiger partial charge < -0.3 is 9.63 Å². The van der Waals surface area contributed by atoms with Crippen LogP contribution in [0, 0.1) is 5.92 Å². The number of sulfonamides is 1. The zero-order valence-corrected chi connectivity index (χ0v) is 18.0. The number of aliphatic carboxylic acids is 1. The van der Waals surface area contributed by atoms with Crippen molar-refractivity contribution < 1.29 is 27.6 Å². The highest BCUT2D eigenvalue weighted by atomic mass is 32.2. The standard InChI is InChI=1S/C21H27N3O6S/c25-18(26)14-16(11-7-10-15-8-3-1-4-9-15)21-22-19(23-30-21)20(27)24-31(28,29)17-12-5-2-6-13-17/h2,5-6,12-13,15-16H,1,3-4,7-11,14H2,(H,24,27)(H,25,26). The molecule has 0 spiro atoms. The second-order valence-electron chi connectivity index (χ2n) is 7.93. The number of carboxylic acids is 1. The van der Waals surface area contributed by atoms with Crippen molar-refractivity contribution in [2.24, 2.45) is 5.92 Å². The van der Waals surface area contributed by atoms with E-state index in [-0.39, 0.29) is 17.2 Å². The van der Waals surface area contributed by atoms with Crippen LogP contribution in [-0.2, 0) is 14.8 Å². The van der Waals surface area contributed by atoms with E-state index in [1.807, 2.05) is 4.72 Å². The number of amides is 1. The summed E-state index contributed by atoms with van der Waals surface area (Å²) in [5.41, 5.74) is 0. The second-order valence-corrected chi connectivity index (χ2v) is 9.62. The quantitative estimate of drug-likeness (QED) is 0.562. The molecular weight excluding hydrogens is 422 g/mol. The Kier molecular flexibility index (Phi) is 7.78. The molecule has 2 aromatic rings. The molecule has 0 radical (unpaired) electrons. The summed E-state index contributed by atoms with van der Waals surface area (Å²) in [7, 11) is -4.08. The SMILES string of the molecule is O=C(O)CC(CCCC1CCCCC1)c1nc(C(=O)NS(=O)(=O)c2ccccc2)no1. The zero-order chi connectivity index (χ0) is 22.3. The Morgan fingerprint density at radius 1 is 1.16 bits per heavy atom. The fourth-order valence-electron chi connectivity index (χ4n) is 3.97. The molecule has 1 unspecified atom stereocenters. The van der Waals surface area contributed by atoms with Crippen LogP contribution in [0.1, 0.15) is 80.2 Å². The maximum absolute atomic E-state index is 12.3. The Bertz CT molecular complexity index is 984. The molecular formula is C21H27N3O6S. The number of hydrogen-bond donors (Lipinski definition) is 2. The van der Waals surface area contributed by atoms with E-state index in [0.717, 1.165) is 12.8 Å². The van der Waals surface area contributed by atoms with Gasteiger partial charge >= 0.3 is 11.9 Å². The highest BCUT2D eigenvalue weighted by Gasteiger charge is 2.27. The number of hydrogen-bond acceptors (Lipinski definition) is 7. The van der Waals surface area contributed by atoms with Gasteiger partial charge in [-0.2, -0.15) is 4.98 Å². The van der Waals surface area contributed by atoms with Crippen LogP contribution in [0.25, 0.3) is 0 Å². The minimum Gasteiger partial charge on any atom is -0.481 e. The molecule has 1 aromatic carbocycles. The number of nitrogens with zero attached hydrogens (tertiary/aromatic N) is 2. The van der Waals surface area contributed by atoms with E-state index in [0.29, 0.717) is 12.3 Å². The average molecular weight is 450 g/mol. The summed E-state index contributed by atoms with van der Waals surface area (Å²) in [5, 5.41) is 12.8. The topological polar surface area (TPSA) is 139 Å².